The van der Waals surface area contributed by atoms with E-state index < -0.39 is 97.5 Å². The lowest BCUT2D eigenvalue weighted by Gasteiger charge is -2.21. The maximum absolute atomic E-state index is 13.1. The summed E-state index contributed by atoms with van der Waals surface area (Å²) in [5.41, 5.74) is 0. The molecule has 594 valence electrons. The first-order valence-corrected chi connectivity index (χ1v) is 45.0. The van der Waals surface area contributed by atoms with E-state index in [1.54, 1.807) is 0 Å². The van der Waals surface area contributed by atoms with E-state index in [1.165, 1.54) is 238 Å². The van der Waals surface area contributed by atoms with Crippen molar-refractivity contribution in [1.82, 2.24) is 0 Å². The molecule has 0 aromatic rings. The van der Waals surface area contributed by atoms with Crippen LogP contribution < -0.4 is 0 Å². The summed E-state index contributed by atoms with van der Waals surface area (Å²) in [6, 6.07) is 0. The number of rotatable bonds is 80. The molecule has 5 atom stereocenters. The van der Waals surface area contributed by atoms with Gasteiger partial charge in [-0.1, -0.05) is 375 Å². The third-order valence-electron chi connectivity index (χ3n) is 19.0. The van der Waals surface area contributed by atoms with Gasteiger partial charge in [-0.3, -0.25) is 37.3 Å². The lowest BCUT2D eigenvalue weighted by atomic mass is 10.0. The molecule has 0 aromatic heterocycles. The number of hydrogen-bond donors (Lipinski definition) is 3. The lowest BCUT2D eigenvalue weighted by molar-refractivity contribution is -0.161. The van der Waals surface area contributed by atoms with Crippen LogP contribution in [-0.2, 0) is 65.4 Å². The SMILES string of the molecule is CCCCCCCCCCCCCCCCCCCCCCC(=O)O[C@H](COC(=O)CCCCCCCCCCCCCCCCCC(C)C)COP(=O)(O)OC[C@@H](O)COP(=O)(O)OC[C@@H](COC(=O)CCCCCCCCCC)OC(=O)CCCCCCCCCCCCCC(C)C. The Hall–Kier alpha value is -1.94. The predicted octanol–water partition coefficient (Wildman–Crippen LogP) is 24.3. The highest BCUT2D eigenvalue weighted by atomic mass is 31.2. The highest BCUT2D eigenvalue weighted by Gasteiger charge is 2.30. The number of carbonyl (C=O) groups is 4. The largest absolute Gasteiger partial charge is 0.472 e. The van der Waals surface area contributed by atoms with E-state index in [9.17, 15) is 43.2 Å². The van der Waals surface area contributed by atoms with Crippen molar-refractivity contribution in [1.29, 1.82) is 0 Å². The van der Waals surface area contributed by atoms with Crippen molar-refractivity contribution in [2.75, 3.05) is 39.6 Å². The smallest absolute Gasteiger partial charge is 0.462 e. The Labute approximate surface area is 613 Å². The van der Waals surface area contributed by atoms with Crippen LogP contribution in [0.25, 0.3) is 0 Å². The van der Waals surface area contributed by atoms with Crippen molar-refractivity contribution < 1.29 is 80.2 Å². The quantitative estimate of drug-likeness (QED) is 0.0222. The average molecular weight is 1470 g/mol. The van der Waals surface area contributed by atoms with E-state index >= 15 is 0 Å². The molecule has 0 aromatic carbocycles. The van der Waals surface area contributed by atoms with Crippen LogP contribution in [0.1, 0.15) is 427 Å². The van der Waals surface area contributed by atoms with Gasteiger partial charge in [0.2, 0.25) is 0 Å². The first-order valence-electron chi connectivity index (χ1n) is 42.0. The summed E-state index contributed by atoms with van der Waals surface area (Å²) in [6.45, 7) is 9.63. The molecule has 0 saturated heterocycles. The second-order valence-corrected chi connectivity index (χ2v) is 33.0. The molecule has 0 rings (SSSR count). The number of phosphoric acid groups is 2. The van der Waals surface area contributed by atoms with Crippen LogP contribution in [0, 0.1) is 11.8 Å². The van der Waals surface area contributed by atoms with E-state index in [4.69, 9.17) is 37.0 Å². The van der Waals surface area contributed by atoms with Gasteiger partial charge in [-0.25, -0.2) is 9.13 Å². The maximum Gasteiger partial charge on any atom is 0.472 e. The highest BCUT2D eigenvalue weighted by Crippen LogP contribution is 2.45. The number of phosphoric ester groups is 2. The van der Waals surface area contributed by atoms with Gasteiger partial charge in [0.15, 0.2) is 12.2 Å². The van der Waals surface area contributed by atoms with Crippen LogP contribution in [0.4, 0.5) is 0 Å². The van der Waals surface area contributed by atoms with Crippen molar-refractivity contribution in [2.45, 2.75) is 445 Å². The Morgan fingerprint density at radius 3 is 0.680 bits per heavy atom. The van der Waals surface area contributed by atoms with Crippen LogP contribution in [0.15, 0.2) is 0 Å². The molecule has 0 saturated carbocycles. The minimum absolute atomic E-state index is 0.107. The van der Waals surface area contributed by atoms with Crippen LogP contribution in [0.3, 0.4) is 0 Å². The van der Waals surface area contributed by atoms with Gasteiger partial charge < -0.3 is 33.8 Å². The molecule has 2 unspecified atom stereocenters. The number of ether oxygens (including phenoxy) is 4. The molecule has 0 spiro atoms. The van der Waals surface area contributed by atoms with Gasteiger partial charge in [-0.2, -0.15) is 0 Å². The van der Waals surface area contributed by atoms with Gasteiger partial charge in [0.1, 0.15) is 19.3 Å². The minimum Gasteiger partial charge on any atom is -0.462 e. The Balaban J connectivity index is 5.20. The molecule has 0 aliphatic carbocycles. The van der Waals surface area contributed by atoms with E-state index in [1.807, 2.05) is 0 Å². The topological polar surface area (TPSA) is 237 Å². The van der Waals surface area contributed by atoms with E-state index in [2.05, 4.69) is 41.5 Å². The van der Waals surface area contributed by atoms with Gasteiger partial charge in [0, 0.05) is 25.7 Å². The molecule has 3 N–H and O–H groups in total. The lowest BCUT2D eigenvalue weighted by Crippen LogP contribution is -2.30. The summed E-state index contributed by atoms with van der Waals surface area (Å²) in [5, 5.41) is 10.6. The standard InChI is InChI=1S/C81H158O17P2/c1-7-9-11-13-15-17-18-19-20-21-22-23-24-27-31-36-41-47-53-59-65-80(85)98-77(70-92-79(84)64-58-52-46-40-35-30-28-25-26-29-33-38-43-49-55-61-73(3)4)72-96-100(89,90)94-68-75(82)67-93-99(87,88)95-71-76(69-91-78(83)63-57-51-45-16-14-12-10-8-2)97-81(86)66-60-54-48-42-37-32-34-39-44-50-56-62-74(5)6/h73-77,82H,7-72H2,1-6H3,(H,87,88)(H,89,90)/t75-,76+,77+/m0/s1. The first-order chi connectivity index (χ1) is 48.4. The van der Waals surface area contributed by atoms with Crippen molar-refractivity contribution in [2.24, 2.45) is 11.8 Å². The molecule has 0 bridgehead atoms. The second-order valence-electron chi connectivity index (χ2n) is 30.1. The maximum atomic E-state index is 13.1. The average Bonchev–Trinajstić information content (AvgIpc) is 1.02. The summed E-state index contributed by atoms with van der Waals surface area (Å²) in [7, 11) is -9.92. The fourth-order valence-corrected chi connectivity index (χ4v) is 14.1. The summed E-state index contributed by atoms with van der Waals surface area (Å²) in [4.78, 5) is 72.9. The van der Waals surface area contributed by atoms with Crippen molar-refractivity contribution in [3.8, 4) is 0 Å². The van der Waals surface area contributed by atoms with E-state index in [-0.39, 0.29) is 25.7 Å². The molecule has 0 amide bonds. The molecule has 0 heterocycles. The third-order valence-corrected chi connectivity index (χ3v) is 20.9. The summed E-state index contributed by atoms with van der Waals surface area (Å²) in [6.07, 6.45) is 62.6. The third kappa shape index (κ3) is 74.3. The number of hydrogen-bond acceptors (Lipinski definition) is 15. The molecule has 0 aliphatic heterocycles. The molecular weight excluding hydrogens is 1310 g/mol. The van der Waals surface area contributed by atoms with Crippen LogP contribution in [0.2, 0.25) is 0 Å². The molecule has 0 radical (unpaired) electrons. The Morgan fingerprint density at radius 2 is 0.460 bits per heavy atom. The number of aliphatic hydroxyl groups is 1. The van der Waals surface area contributed by atoms with E-state index in [0.717, 1.165) is 108 Å². The Kier molecular flexibility index (Phi) is 71.2. The number of unbranched alkanes of at least 4 members (excludes halogenated alkanes) is 50. The second kappa shape index (κ2) is 72.6. The molecule has 19 heteroatoms. The summed E-state index contributed by atoms with van der Waals surface area (Å²) >= 11 is 0. The normalized spacial score (nSPS) is 13.9. The minimum atomic E-state index is -4.96. The van der Waals surface area contributed by atoms with Gasteiger partial charge in [0.25, 0.3) is 0 Å². The van der Waals surface area contributed by atoms with Crippen molar-refractivity contribution in [3.63, 3.8) is 0 Å². The zero-order valence-corrected chi connectivity index (χ0v) is 67.3. The summed E-state index contributed by atoms with van der Waals surface area (Å²) < 4.78 is 68.6. The van der Waals surface area contributed by atoms with Gasteiger partial charge in [-0.15, -0.1) is 0 Å². The predicted molar refractivity (Wildman–Crippen MR) is 409 cm³/mol. The van der Waals surface area contributed by atoms with Crippen molar-refractivity contribution in [3.05, 3.63) is 0 Å². The Morgan fingerprint density at radius 1 is 0.270 bits per heavy atom. The molecule has 0 fully saturated rings. The van der Waals surface area contributed by atoms with Gasteiger partial charge in [0.05, 0.1) is 26.4 Å². The number of carbonyl (C=O) groups excluding carboxylic acids is 4. The van der Waals surface area contributed by atoms with E-state index in [0.29, 0.717) is 25.7 Å². The van der Waals surface area contributed by atoms with Crippen LogP contribution in [0.5, 0.6) is 0 Å². The zero-order chi connectivity index (χ0) is 73.5. The van der Waals surface area contributed by atoms with Crippen molar-refractivity contribution >= 4 is 39.5 Å². The monoisotopic (exact) mass is 1470 g/mol. The van der Waals surface area contributed by atoms with Crippen LogP contribution >= 0.6 is 15.6 Å². The molecule has 17 nitrogen and oxygen atoms in total. The fraction of sp³-hybridized carbons (Fsp3) is 0.951. The molecule has 100 heavy (non-hydrogen) atoms. The molecule has 0 aliphatic rings. The Bertz CT molecular complexity index is 1920. The number of aliphatic hydroxyl groups excluding tert-OH is 1. The summed E-state index contributed by atoms with van der Waals surface area (Å²) in [5.74, 6) is -0.540. The van der Waals surface area contributed by atoms with Gasteiger partial charge >= 0.3 is 39.5 Å². The highest BCUT2D eigenvalue weighted by molar-refractivity contribution is 7.47. The fourth-order valence-electron chi connectivity index (χ4n) is 12.5. The zero-order valence-electron chi connectivity index (χ0n) is 65.5. The number of esters is 4. The molecular formula is C81H158O17P2. The van der Waals surface area contributed by atoms with Crippen LogP contribution in [-0.4, -0.2) is 96.7 Å². The first kappa shape index (κ1) is 98.1. The van der Waals surface area contributed by atoms with Gasteiger partial charge in [-0.05, 0) is 37.5 Å².